The van der Waals surface area contributed by atoms with Crippen LogP contribution in [0.15, 0.2) is 48.5 Å². The highest BCUT2D eigenvalue weighted by Gasteiger charge is 2.12. The molecule has 3 rings (SSSR count). The second kappa shape index (κ2) is 6.21. The molecule has 0 atom stereocenters. The smallest absolute Gasteiger partial charge is 0.265 e. The second-order valence-corrected chi connectivity index (χ2v) is 8.00. The van der Waals surface area contributed by atoms with Gasteiger partial charge in [-0.2, -0.15) is 0 Å². The van der Waals surface area contributed by atoms with Crippen molar-refractivity contribution in [2.24, 2.45) is 0 Å². The summed E-state index contributed by atoms with van der Waals surface area (Å²) in [6.07, 6.45) is 1.06. The molecule has 0 fully saturated rings. The first-order valence-corrected chi connectivity index (χ1v) is 9.60. The summed E-state index contributed by atoms with van der Waals surface area (Å²) in [7, 11) is -3.35. The van der Waals surface area contributed by atoms with Gasteiger partial charge in [0.25, 0.3) is 5.91 Å². The van der Waals surface area contributed by atoms with Crippen LogP contribution >= 0.6 is 11.3 Å². The zero-order chi connectivity index (χ0) is 17.3. The van der Waals surface area contributed by atoms with Crippen LogP contribution in [0.25, 0.3) is 10.1 Å². The van der Waals surface area contributed by atoms with Gasteiger partial charge >= 0.3 is 0 Å². The number of nitrogens with one attached hydrogen (secondary N) is 2. The SMILES string of the molecule is CS(=O)(=O)Nc1ccc(NC(=O)c2cc3c(F)cccc3s2)cc1. The summed E-state index contributed by atoms with van der Waals surface area (Å²) in [6.45, 7) is 0. The molecule has 1 heterocycles. The zero-order valence-electron chi connectivity index (χ0n) is 12.5. The summed E-state index contributed by atoms with van der Waals surface area (Å²) in [6, 6.07) is 12.5. The van der Waals surface area contributed by atoms with Crippen LogP contribution in [0.2, 0.25) is 0 Å². The van der Waals surface area contributed by atoms with E-state index >= 15 is 0 Å². The number of hydrogen-bond donors (Lipinski definition) is 2. The van der Waals surface area contributed by atoms with E-state index in [0.717, 1.165) is 6.26 Å². The molecule has 8 heteroatoms. The van der Waals surface area contributed by atoms with E-state index in [1.54, 1.807) is 36.4 Å². The van der Waals surface area contributed by atoms with Gasteiger partial charge in [0.2, 0.25) is 10.0 Å². The number of benzene rings is 2. The molecule has 2 N–H and O–H groups in total. The van der Waals surface area contributed by atoms with E-state index < -0.39 is 10.0 Å². The van der Waals surface area contributed by atoms with Gasteiger partial charge in [-0.1, -0.05) is 6.07 Å². The van der Waals surface area contributed by atoms with Crippen LogP contribution in [0.3, 0.4) is 0 Å². The van der Waals surface area contributed by atoms with Gasteiger partial charge in [-0.05, 0) is 42.5 Å². The van der Waals surface area contributed by atoms with Gasteiger partial charge in [0.1, 0.15) is 5.82 Å². The standard InChI is InChI=1S/C16H13FN2O3S2/c1-24(21,22)19-11-7-5-10(6-8-11)18-16(20)15-9-12-13(17)3-2-4-14(12)23-15/h2-9,19H,1H3,(H,18,20). The Labute approximate surface area is 142 Å². The predicted octanol–water partition coefficient (Wildman–Crippen LogP) is 3.66. The van der Waals surface area contributed by atoms with Crippen LogP contribution in [0, 0.1) is 5.82 Å². The lowest BCUT2D eigenvalue weighted by Gasteiger charge is -2.06. The fourth-order valence-electron chi connectivity index (χ4n) is 2.17. The molecular weight excluding hydrogens is 351 g/mol. The molecule has 3 aromatic rings. The molecule has 0 radical (unpaired) electrons. The van der Waals surface area contributed by atoms with Crippen molar-refractivity contribution in [3.05, 3.63) is 59.2 Å². The molecule has 1 amide bonds. The number of carbonyl (C=O) groups excluding carboxylic acids is 1. The Bertz CT molecular complexity index is 1010. The molecule has 0 unspecified atom stereocenters. The van der Waals surface area contributed by atoms with E-state index in [4.69, 9.17) is 0 Å². The molecule has 1 aromatic heterocycles. The Kier molecular flexibility index (Phi) is 4.25. The van der Waals surface area contributed by atoms with Gasteiger partial charge in [-0.3, -0.25) is 9.52 Å². The van der Waals surface area contributed by atoms with Crippen molar-refractivity contribution in [3.8, 4) is 0 Å². The average Bonchev–Trinajstić information content (AvgIpc) is 2.93. The van der Waals surface area contributed by atoms with Gasteiger partial charge in [-0.25, -0.2) is 12.8 Å². The number of carbonyl (C=O) groups is 1. The van der Waals surface area contributed by atoms with Crippen molar-refractivity contribution in [3.63, 3.8) is 0 Å². The van der Waals surface area contributed by atoms with Crippen LogP contribution in [0.5, 0.6) is 0 Å². The van der Waals surface area contributed by atoms with E-state index in [9.17, 15) is 17.6 Å². The molecule has 0 spiro atoms. The minimum Gasteiger partial charge on any atom is -0.321 e. The summed E-state index contributed by atoms with van der Waals surface area (Å²) in [5.41, 5.74) is 0.913. The van der Waals surface area contributed by atoms with Crippen molar-refractivity contribution >= 4 is 48.7 Å². The maximum absolute atomic E-state index is 13.7. The van der Waals surface area contributed by atoms with Crippen molar-refractivity contribution < 1.29 is 17.6 Å². The van der Waals surface area contributed by atoms with Gasteiger partial charge in [0, 0.05) is 21.5 Å². The Balaban J connectivity index is 1.77. The van der Waals surface area contributed by atoms with Crippen molar-refractivity contribution in [1.82, 2.24) is 0 Å². The average molecular weight is 364 g/mol. The number of amides is 1. The van der Waals surface area contributed by atoms with Gasteiger partial charge in [0.15, 0.2) is 0 Å². The highest BCUT2D eigenvalue weighted by molar-refractivity contribution is 7.92. The molecule has 0 bridgehead atoms. The minimum absolute atomic E-state index is 0.348. The lowest BCUT2D eigenvalue weighted by Crippen LogP contribution is -2.11. The molecule has 0 saturated carbocycles. The quantitative estimate of drug-likeness (QED) is 0.742. The van der Waals surface area contributed by atoms with Crippen LogP contribution < -0.4 is 10.0 Å². The molecule has 24 heavy (non-hydrogen) atoms. The first-order chi connectivity index (χ1) is 11.3. The Morgan fingerprint density at radius 3 is 2.38 bits per heavy atom. The molecule has 124 valence electrons. The van der Waals surface area contributed by atoms with E-state index in [-0.39, 0.29) is 11.7 Å². The molecular formula is C16H13FN2O3S2. The summed E-state index contributed by atoms with van der Waals surface area (Å²) in [5.74, 6) is -0.710. The minimum atomic E-state index is -3.35. The van der Waals surface area contributed by atoms with Gasteiger partial charge < -0.3 is 5.32 Å². The lowest BCUT2D eigenvalue weighted by atomic mass is 10.2. The third-order valence-electron chi connectivity index (χ3n) is 3.18. The number of rotatable bonds is 4. The molecule has 2 aromatic carbocycles. The predicted molar refractivity (Wildman–Crippen MR) is 94.6 cm³/mol. The highest BCUT2D eigenvalue weighted by atomic mass is 32.2. The number of sulfonamides is 1. The Hall–Kier alpha value is -2.45. The maximum Gasteiger partial charge on any atom is 0.265 e. The number of hydrogen-bond acceptors (Lipinski definition) is 4. The third-order valence-corrected chi connectivity index (χ3v) is 4.88. The summed E-state index contributed by atoms with van der Waals surface area (Å²) in [4.78, 5) is 12.7. The first-order valence-electron chi connectivity index (χ1n) is 6.89. The lowest BCUT2D eigenvalue weighted by molar-refractivity contribution is 0.103. The molecule has 0 saturated heterocycles. The first kappa shape index (κ1) is 16.4. The van der Waals surface area contributed by atoms with Crippen molar-refractivity contribution in [2.45, 2.75) is 0 Å². The highest BCUT2D eigenvalue weighted by Crippen LogP contribution is 2.28. The zero-order valence-corrected chi connectivity index (χ0v) is 14.2. The van der Waals surface area contributed by atoms with E-state index in [2.05, 4.69) is 10.0 Å². The van der Waals surface area contributed by atoms with Crippen molar-refractivity contribution in [1.29, 1.82) is 0 Å². The van der Waals surface area contributed by atoms with E-state index in [1.165, 1.54) is 23.5 Å². The van der Waals surface area contributed by atoms with Crippen LogP contribution in [-0.2, 0) is 10.0 Å². The van der Waals surface area contributed by atoms with Crippen molar-refractivity contribution in [2.75, 3.05) is 16.3 Å². The number of halogens is 1. The monoisotopic (exact) mass is 364 g/mol. The molecule has 0 aliphatic rings. The Morgan fingerprint density at radius 2 is 1.75 bits per heavy atom. The van der Waals surface area contributed by atoms with Crippen LogP contribution in [0.1, 0.15) is 9.67 Å². The van der Waals surface area contributed by atoms with E-state index in [0.29, 0.717) is 26.3 Å². The fourth-order valence-corrected chi connectivity index (χ4v) is 3.70. The number of anilines is 2. The van der Waals surface area contributed by atoms with Crippen LogP contribution in [0.4, 0.5) is 15.8 Å². The fraction of sp³-hybridized carbons (Fsp3) is 0.0625. The summed E-state index contributed by atoms with van der Waals surface area (Å²) < 4.78 is 39.0. The maximum atomic E-state index is 13.7. The summed E-state index contributed by atoms with van der Waals surface area (Å²) >= 11 is 1.21. The molecule has 0 aliphatic heterocycles. The third kappa shape index (κ3) is 3.72. The van der Waals surface area contributed by atoms with E-state index in [1.807, 2.05) is 0 Å². The number of thiophene rings is 1. The van der Waals surface area contributed by atoms with Gasteiger partial charge in [0.05, 0.1) is 11.1 Å². The topological polar surface area (TPSA) is 75.3 Å². The Morgan fingerprint density at radius 1 is 1.08 bits per heavy atom. The van der Waals surface area contributed by atoms with Crippen LogP contribution in [-0.4, -0.2) is 20.6 Å². The molecule has 0 aliphatic carbocycles. The van der Waals surface area contributed by atoms with Gasteiger partial charge in [-0.15, -0.1) is 11.3 Å². The number of fused-ring (bicyclic) bond motifs is 1. The molecule has 5 nitrogen and oxygen atoms in total. The summed E-state index contributed by atoms with van der Waals surface area (Å²) in [5, 5.41) is 3.12. The largest absolute Gasteiger partial charge is 0.321 e. The normalized spacial score (nSPS) is 11.4. The second-order valence-electron chi connectivity index (χ2n) is 5.17.